The molecule has 2 fully saturated rings. The van der Waals surface area contributed by atoms with Crippen LogP contribution in [-0.4, -0.2) is 86.3 Å². The lowest BCUT2D eigenvalue weighted by atomic mass is 9.72. The van der Waals surface area contributed by atoms with Crippen LogP contribution in [0.2, 0.25) is 0 Å². The largest absolute Gasteiger partial charge is 0.507 e. The number of fused-ring (bicyclic) bond motifs is 9. The first-order valence-electron chi connectivity index (χ1n) is 14.8. The molecule has 11 nitrogen and oxygen atoms in total. The van der Waals surface area contributed by atoms with Gasteiger partial charge in [-0.2, -0.15) is 11.8 Å². The minimum absolute atomic E-state index is 0.0225. The number of ether oxygens (including phenoxy) is 6. The fourth-order valence-electron chi connectivity index (χ4n) is 8.00. The summed E-state index contributed by atoms with van der Waals surface area (Å²) in [4.78, 5) is 21.9. The van der Waals surface area contributed by atoms with E-state index in [1.165, 1.54) is 0 Å². The number of methoxy groups -OCH3 is 2. The predicted molar refractivity (Wildman–Crippen MR) is 161 cm³/mol. The summed E-state index contributed by atoms with van der Waals surface area (Å²) in [5, 5.41) is 11.6. The van der Waals surface area contributed by atoms with Crippen molar-refractivity contribution in [2.75, 3.05) is 47.2 Å². The second-order valence-corrected chi connectivity index (χ2v) is 13.4. The fraction of sp³-hybridized carbons (Fsp3) is 0.562. The molecule has 44 heavy (non-hydrogen) atoms. The summed E-state index contributed by atoms with van der Waals surface area (Å²) < 4.78 is 35.5. The molecule has 0 saturated carbocycles. The van der Waals surface area contributed by atoms with Crippen molar-refractivity contribution in [3.05, 3.63) is 50.9 Å². The van der Waals surface area contributed by atoms with Gasteiger partial charge < -0.3 is 33.5 Å². The van der Waals surface area contributed by atoms with Crippen LogP contribution >= 0.6 is 11.8 Å². The van der Waals surface area contributed by atoms with Gasteiger partial charge in [0.25, 0.3) is 6.17 Å². The van der Waals surface area contributed by atoms with Gasteiger partial charge in [0.15, 0.2) is 29.8 Å². The van der Waals surface area contributed by atoms with Crippen LogP contribution in [0.1, 0.15) is 57.6 Å². The summed E-state index contributed by atoms with van der Waals surface area (Å²) in [6, 6.07) is 0.912. The number of rotatable bonds is 4. The number of carbonyl (C=O) groups excluding carboxylic acids is 1. The quantitative estimate of drug-likeness (QED) is 0.300. The monoisotopic (exact) mass is 623 g/mol. The maximum absolute atomic E-state index is 13.1. The van der Waals surface area contributed by atoms with E-state index in [2.05, 4.69) is 27.8 Å². The van der Waals surface area contributed by atoms with E-state index >= 15 is 0 Å². The zero-order chi connectivity index (χ0) is 31.0. The Hall–Kier alpha value is -3.37. The van der Waals surface area contributed by atoms with E-state index in [1.54, 1.807) is 26.0 Å². The Balaban J connectivity index is 1.53. The molecule has 0 spiro atoms. The number of thioether (sulfide) groups is 1. The van der Waals surface area contributed by atoms with Crippen molar-refractivity contribution in [1.29, 1.82) is 0 Å². The molecule has 1 N–H and O–H groups in total. The number of hydrogen-bond acceptors (Lipinski definition) is 11. The molecule has 2 aromatic rings. The minimum atomic E-state index is -0.557. The number of aryl methyl sites for hydroxylation is 1. The van der Waals surface area contributed by atoms with E-state index in [4.69, 9.17) is 35.0 Å². The molecule has 2 unspecified atom stereocenters. The van der Waals surface area contributed by atoms with Gasteiger partial charge >= 0.3 is 5.97 Å². The number of esters is 1. The molecular weight excluding hydrogens is 586 g/mol. The van der Waals surface area contributed by atoms with Gasteiger partial charge in [0, 0.05) is 35.1 Å². The van der Waals surface area contributed by atoms with Crippen molar-refractivity contribution in [2.24, 2.45) is 5.92 Å². The number of piperazine rings is 1. The number of nitrogens with zero attached hydrogens (tertiary/aromatic N) is 3. The highest BCUT2D eigenvalue weighted by Crippen LogP contribution is 2.64. The molecule has 5 heterocycles. The molecule has 234 valence electrons. The van der Waals surface area contributed by atoms with Crippen molar-refractivity contribution < 1.29 is 38.3 Å². The molecule has 5 aliphatic heterocycles. The van der Waals surface area contributed by atoms with Crippen LogP contribution in [-0.2, 0) is 20.7 Å². The smallest absolute Gasteiger partial charge is 0.309 e. The average molecular weight is 624 g/mol. The highest BCUT2D eigenvalue weighted by molar-refractivity contribution is 7.99. The first-order valence-corrected chi connectivity index (χ1v) is 15.9. The highest BCUT2D eigenvalue weighted by atomic mass is 32.2. The molecule has 2 aromatic carbocycles. The standard InChI is InChI=1S/C32H37N3O8S/c1-14-8-17-9-18-31(33-4)35-19-10-40-32(37)15(2)11-44-30(22-21(19)29-27(42-13-43-29)16(3)25(22)36)24(35)23(34(18)5)20(17)28(26(14)39-7)41-12-38-6/h8,15,18-19,23-24,30-31,36H,9-13H2,1-3,5-7H3/t15?,18-,19+,23+,24?,30+,31+/m0/s1. The number of phenolic OH excluding ortho intramolecular Hbond substituents is 1. The van der Waals surface area contributed by atoms with Crippen molar-refractivity contribution in [3.8, 4) is 28.7 Å². The molecule has 7 atom stereocenters. The van der Waals surface area contributed by atoms with Crippen molar-refractivity contribution in [3.63, 3.8) is 0 Å². The van der Waals surface area contributed by atoms with E-state index in [-0.39, 0.29) is 61.2 Å². The lowest BCUT2D eigenvalue weighted by Gasteiger charge is -2.59. The first kappa shape index (κ1) is 29.3. The van der Waals surface area contributed by atoms with Gasteiger partial charge in [-0.25, -0.2) is 11.5 Å². The van der Waals surface area contributed by atoms with Crippen LogP contribution < -0.4 is 18.9 Å². The topological polar surface area (TPSA) is 104 Å². The van der Waals surface area contributed by atoms with Gasteiger partial charge in [0.2, 0.25) is 6.79 Å². The van der Waals surface area contributed by atoms with Crippen LogP contribution in [0.3, 0.4) is 0 Å². The maximum atomic E-state index is 13.1. The number of hydrogen-bond donors (Lipinski definition) is 1. The Morgan fingerprint density at radius 2 is 1.91 bits per heavy atom. The summed E-state index contributed by atoms with van der Waals surface area (Å²) >= 11 is 1.61. The lowest BCUT2D eigenvalue weighted by molar-refractivity contribution is -0.153. The fourth-order valence-corrected chi connectivity index (χ4v) is 9.52. The van der Waals surface area contributed by atoms with Crippen LogP contribution in [0.25, 0.3) is 4.85 Å². The summed E-state index contributed by atoms with van der Waals surface area (Å²) in [6.45, 7) is 14.3. The van der Waals surface area contributed by atoms with Crippen molar-refractivity contribution in [2.45, 2.75) is 62.8 Å². The third kappa shape index (κ3) is 4.02. The van der Waals surface area contributed by atoms with E-state index in [9.17, 15) is 9.90 Å². The Bertz CT molecular complexity index is 1580. The average Bonchev–Trinajstić information content (AvgIpc) is 3.50. The predicted octanol–water partition coefficient (Wildman–Crippen LogP) is 4.28. The SMILES string of the molecule is [C-]#[N+][C@H]1[C@@H]2Cc3cc(C)c(OC)c(OCOC)c3[C@H](C3[C@@H]4SCC(C)C(=O)OC[C@H](c5c6c(c(C)c(O)c54)OCO6)N31)N2C. The molecule has 7 rings (SSSR count). The van der Waals surface area contributed by atoms with E-state index in [1.807, 2.05) is 20.8 Å². The van der Waals surface area contributed by atoms with E-state index < -0.39 is 12.2 Å². The molecule has 0 aliphatic carbocycles. The van der Waals surface area contributed by atoms with Crippen molar-refractivity contribution in [1.82, 2.24) is 9.80 Å². The van der Waals surface area contributed by atoms with Crippen LogP contribution in [0.4, 0.5) is 0 Å². The molecular formula is C32H37N3O8S. The normalized spacial score (nSPS) is 30.5. The highest BCUT2D eigenvalue weighted by Gasteiger charge is 2.62. The molecule has 4 bridgehead atoms. The lowest BCUT2D eigenvalue weighted by Crippen LogP contribution is -2.68. The minimum Gasteiger partial charge on any atom is -0.507 e. The Morgan fingerprint density at radius 1 is 1.14 bits per heavy atom. The Labute approximate surface area is 261 Å². The van der Waals surface area contributed by atoms with Gasteiger partial charge in [-0.3, -0.25) is 14.5 Å². The Kier molecular flexibility index (Phi) is 7.28. The number of likely N-dealkylation sites (N-methyl/N-ethyl adjacent to an activating group) is 1. The van der Waals surface area contributed by atoms with E-state index in [0.29, 0.717) is 40.7 Å². The zero-order valence-electron chi connectivity index (χ0n) is 25.7. The number of cyclic esters (lactones) is 1. The first-order chi connectivity index (χ1) is 21.2. The van der Waals surface area contributed by atoms with Crippen LogP contribution in [0.15, 0.2) is 6.07 Å². The number of benzene rings is 2. The van der Waals surface area contributed by atoms with Crippen LogP contribution in [0.5, 0.6) is 28.7 Å². The van der Waals surface area contributed by atoms with Crippen molar-refractivity contribution >= 4 is 17.7 Å². The molecule has 0 aromatic heterocycles. The molecule has 12 heteroatoms. The zero-order valence-corrected chi connectivity index (χ0v) is 26.5. The summed E-state index contributed by atoms with van der Waals surface area (Å²) in [6.07, 6.45) is 0.0658. The number of carbonyl (C=O) groups is 1. The second kappa shape index (κ2) is 10.9. The summed E-state index contributed by atoms with van der Waals surface area (Å²) in [7, 11) is 5.31. The Morgan fingerprint density at radius 3 is 2.64 bits per heavy atom. The third-order valence-electron chi connectivity index (χ3n) is 9.91. The van der Waals surface area contributed by atoms with Gasteiger partial charge in [0.05, 0.1) is 36.4 Å². The number of phenols is 1. The maximum Gasteiger partial charge on any atom is 0.309 e. The molecule has 0 radical (unpaired) electrons. The molecule has 2 saturated heterocycles. The van der Waals surface area contributed by atoms with Gasteiger partial charge in [-0.05, 0) is 38.4 Å². The number of aromatic hydroxyl groups is 1. The van der Waals surface area contributed by atoms with Gasteiger partial charge in [-0.1, -0.05) is 13.0 Å². The second-order valence-electron chi connectivity index (χ2n) is 12.2. The van der Waals surface area contributed by atoms with Gasteiger partial charge in [0.1, 0.15) is 18.4 Å². The van der Waals surface area contributed by atoms with E-state index in [0.717, 1.165) is 27.8 Å². The van der Waals surface area contributed by atoms with Gasteiger partial charge in [-0.15, -0.1) is 0 Å². The van der Waals surface area contributed by atoms with Crippen LogP contribution in [0, 0.1) is 26.3 Å². The molecule has 0 amide bonds. The summed E-state index contributed by atoms with van der Waals surface area (Å²) in [5.41, 5.74) is 5.17. The molecule has 5 aliphatic rings. The summed E-state index contributed by atoms with van der Waals surface area (Å²) in [5.74, 6) is 2.35. The third-order valence-corrected chi connectivity index (χ3v) is 11.5.